The average Bonchev–Trinajstić information content (AvgIpc) is 2.88. The summed E-state index contributed by atoms with van der Waals surface area (Å²) in [5, 5.41) is 12.3. The number of rotatable bonds is 2. The molecule has 0 aliphatic heterocycles. The molecule has 0 amide bonds. The summed E-state index contributed by atoms with van der Waals surface area (Å²) in [4.78, 5) is 0. The van der Waals surface area contributed by atoms with Gasteiger partial charge in [-0.15, -0.1) is 0 Å². The lowest BCUT2D eigenvalue weighted by Crippen LogP contribution is -2.26. The van der Waals surface area contributed by atoms with E-state index in [-0.39, 0.29) is 12.0 Å². The highest BCUT2D eigenvalue weighted by Gasteiger charge is 2.34. The molecular weight excluding hydrogens is 208 g/mol. The highest BCUT2D eigenvalue weighted by atomic mass is 16.3. The third-order valence-electron chi connectivity index (χ3n) is 4.23. The van der Waals surface area contributed by atoms with E-state index in [1.165, 1.54) is 29.2 Å². The summed E-state index contributed by atoms with van der Waals surface area (Å²) in [7, 11) is 0. The number of fused-ring (bicyclic) bond motifs is 1. The van der Waals surface area contributed by atoms with Crippen LogP contribution in [-0.4, -0.2) is 11.7 Å². The molecule has 1 aliphatic rings. The number of benzene rings is 2. The quantitative estimate of drug-likeness (QED) is 0.828. The Labute approximate surface area is 102 Å². The Morgan fingerprint density at radius 3 is 2.35 bits per heavy atom. The van der Waals surface area contributed by atoms with Gasteiger partial charge in [0.05, 0.1) is 6.61 Å². The predicted molar refractivity (Wildman–Crippen MR) is 71.2 cm³/mol. The lowest BCUT2D eigenvalue weighted by molar-refractivity contribution is 0.196. The fourth-order valence-electron chi connectivity index (χ4n) is 3.11. The highest BCUT2D eigenvalue weighted by molar-refractivity contribution is 5.83. The minimum absolute atomic E-state index is 0.0318. The van der Waals surface area contributed by atoms with Gasteiger partial charge in [0.15, 0.2) is 0 Å². The van der Waals surface area contributed by atoms with Crippen LogP contribution in [0.4, 0.5) is 0 Å². The molecule has 1 heteroatoms. The number of hydrogen-bond donors (Lipinski definition) is 1. The molecule has 0 radical (unpaired) electrons. The first-order valence-corrected chi connectivity index (χ1v) is 6.44. The molecule has 0 heterocycles. The van der Waals surface area contributed by atoms with Crippen molar-refractivity contribution in [2.24, 2.45) is 0 Å². The van der Waals surface area contributed by atoms with Gasteiger partial charge in [-0.05, 0) is 29.2 Å². The summed E-state index contributed by atoms with van der Waals surface area (Å²) in [6, 6.07) is 15.1. The van der Waals surface area contributed by atoms with Crippen LogP contribution in [0.15, 0.2) is 42.5 Å². The first-order valence-electron chi connectivity index (χ1n) is 6.44. The zero-order chi connectivity index (χ0) is 11.7. The van der Waals surface area contributed by atoms with Gasteiger partial charge in [-0.1, -0.05) is 55.3 Å². The van der Waals surface area contributed by atoms with Gasteiger partial charge in [0.1, 0.15) is 0 Å². The zero-order valence-electron chi connectivity index (χ0n) is 10.0. The maximum Gasteiger partial charge on any atom is 0.0527 e. The van der Waals surface area contributed by atoms with Crippen molar-refractivity contribution in [3.63, 3.8) is 0 Å². The summed E-state index contributed by atoms with van der Waals surface area (Å²) >= 11 is 0. The number of aliphatic hydroxyl groups is 1. The Morgan fingerprint density at radius 2 is 1.65 bits per heavy atom. The topological polar surface area (TPSA) is 20.2 Å². The van der Waals surface area contributed by atoms with Crippen molar-refractivity contribution < 1.29 is 5.11 Å². The van der Waals surface area contributed by atoms with E-state index in [1.807, 2.05) is 0 Å². The Morgan fingerprint density at radius 1 is 0.941 bits per heavy atom. The summed E-state index contributed by atoms with van der Waals surface area (Å²) in [5.41, 5.74) is 1.35. The maximum absolute atomic E-state index is 9.74. The average molecular weight is 226 g/mol. The van der Waals surface area contributed by atoms with Gasteiger partial charge in [0.2, 0.25) is 0 Å². The summed E-state index contributed by atoms with van der Waals surface area (Å²) in [5.74, 6) is 0. The lowest BCUT2D eigenvalue weighted by Gasteiger charge is -2.27. The molecule has 2 aromatic carbocycles. The van der Waals surface area contributed by atoms with Crippen LogP contribution in [0.5, 0.6) is 0 Å². The Kier molecular flexibility index (Phi) is 2.64. The van der Waals surface area contributed by atoms with Gasteiger partial charge in [-0.2, -0.15) is 0 Å². The summed E-state index contributed by atoms with van der Waals surface area (Å²) in [6.07, 6.45) is 4.74. The number of hydrogen-bond acceptors (Lipinski definition) is 1. The van der Waals surface area contributed by atoms with Crippen molar-refractivity contribution in [3.8, 4) is 0 Å². The van der Waals surface area contributed by atoms with Crippen molar-refractivity contribution >= 4 is 10.8 Å². The molecule has 0 bridgehead atoms. The minimum Gasteiger partial charge on any atom is -0.395 e. The van der Waals surface area contributed by atoms with Crippen LogP contribution in [0, 0.1) is 0 Å². The molecule has 3 rings (SSSR count). The van der Waals surface area contributed by atoms with Crippen LogP contribution in [0.3, 0.4) is 0 Å². The van der Waals surface area contributed by atoms with Gasteiger partial charge in [0.25, 0.3) is 0 Å². The second-order valence-corrected chi connectivity index (χ2v) is 5.21. The molecule has 0 saturated heterocycles. The molecule has 1 fully saturated rings. The fraction of sp³-hybridized carbons (Fsp3) is 0.375. The van der Waals surface area contributed by atoms with Crippen LogP contribution in [0.2, 0.25) is 0 Å². The Hall–Kier alpha value is -1.34. The largest absolute Gasteiger partial charge is 0.395 e. The lowest BCUT2D eigenvalue weighted by atomic mass is 9.79. The van der Waals surface area contributed by atoms with E-state index in [1.54, 1.807) is 0 Å². The minimum atomic E-state index is 0.0318. The van der Waals surface area contributed by atoms with Crippen molar-refractivity contribution in [1.29, 1.82) is 0 Å². The molecule has 88 valence electrons. The van der Waals surface area contributed by atoms with Gasteiger partial charge >= 0.3 is 0 Å². The van der Waals surface area contributed by atoms with E-state index in [0.717, 1.165) is 12.8 Å². The first-order chi connectivity index (χ1) is 8.34. The van der Waals surface area contributed by atoms with E-state index >= 15 is 0 Å². The molecule has 1 aliphatic carbocycles. The van der Waals surface area contributed by atoms with Crippen molar-refractivity contribution in [2.45, 2.75) is 31.1 Å². The standard InChI is InChI=1S/C16H18O/c17-12-16(9-3-4-10-16)15-8-7-13-5-1-2-6-14(13)11-15/h1-2,5-8,11,17H,3-4,9-10,12H2. The third-order valence-corrected chi connectivity index (χ3v) is 4.23. The normalized spacial score (nSPS) is 18.6. The molecule has 0 spiro atoms. The first kappa shape index (κ1) is 10.8. The molecule has 0 unspecified atom stereocenters. The van der Waals surface area contributed by atoms with E-state index in [0.29, 0.717) is 0 Å². The van der Waals surface area contributed by atoms with Crippen LogP contribution >= 0.6 is 0 Å². The molecule has 1 N–H and O–H groups in total. The van der Waals surface area contributed by atoms with Crippen LogP contribution in [0.25, 0.3) is 10.8 Å². The summed E-state index contributed by atoms with van der Waals surface area (Å²) < 4.78 is 0. The molecule has 0 atom stereocenters. The smallest absolute Gasteiger partial charge is 0.0527 e. The van der Waals surface area contributed by atoms with E-state index in [9.17, 15) is 5.11 Å². The van der Waals surface area contributed by atoms with E-state index < -0.39 is 0 Å². The van der Waals surface area contributed by atoms with E-state index in [4.69, 9.17) is 0 Å². The van der Waals surface area contributed by atoms with Gasteiger partial charge in [-0.25, -0.2) is 0 Å². The maximum atomic E-state index is 9.74. The SMILES string of the molecule is OCC1(c2ccc3ccccc3c2)CCCC1. The van der Waals surface area contributed by atoms with Gasteiger partial charge in [-0.3, -0.25) is 0 Å². The zero-order valence-corrected chi connectivity index (χ0v) is 10.0. The molecule has 1 nitrogen and oxygen atoms in total. The molecule has 1 saturated carbocycles. The molecule has 0 aromatic heterocycles. The Balaban J connectivity index is 2.10. The second kappa shape index (κ2) is 4.15. The molecule has 17 heavy (non-hydrogen) atoms. The van der Waals surface area contributed by atoms with Crippen LogP contribution in [0.1, 0.15) is 31.2 Å². The van der Waals surface area contributed by atoms with Crippen LogP contribution < -0.4 is 0 Å². The van der Waals surface area contributed by atoms with Gasteiger partial charge < -0.3 is 5.11 Å². The van der Waals surface area contributed by atoms with Crippen LogP contribution in [-0.2, 0) is 5.41 Å². The molecular formula is C16H18O. The van der Waals surface area contributed by atoms with Gasteiger partial charge in [0, 0.05) is 5.41 Å². The van der Waals surface area contributed by atoms with Crippen molar-refractivity contribution in [2.75, 3.05) is 6.61 Å². The monoisotopic (exact) mass is 226 g/mol. The van der Waals surface area contributed by atoms with Crippen molar-refractivity contribution in [3.05, 3.63) is 48.0 Å². The highest BCUT2D eigenvalue weighted by Crippen LogP contribution is 2.41. The van der Waals surface area contributed by atoms with E-state index in [2.05, 4.69) is 42.5 Å². The molecule has 2 aromatic rings. The van der Waals surface area contributed by atoms with Crippen molar-refractivity contribution in [1.82, 2.24) is 0 Å². The summed E-state index contributed by atoms with van der Waals surface area (Å²) in [6.45, 7) is 0.283. The third kappa shape index (κ3) is 1.75. The fourth-order valence-corrected chi connectivity index (χ4v) is 3.11. The predicted octanol–water partition coefficient (Wildman–Crippen LogP) is 3.64. The Bertz CT molecular complexity index is 524. The second-order valence-electron chi connectivity index (χ2n) is 5.21. The number of aliphatic hydroxyl groups excluding tert-OH is 1.